The van der Waals surface area contributed by atoms with Crippen molar-refractivity contribution in [3.8, 4) is 5.75 Å². The van der Waals surface area contributed by atoms with Gasteiger partial charge in [0.05, 0.1) is 12.7 Å². The highest BCUT2D eigenvalue weighted by molar-refractivity contribution is 5.30. The van der Waals surface area contributed by atoms with Gasteiger partial charge in [0.1, 0.15) is 5.75 Å². The standard InChI is InChI=1S/C17H29NO2/c1-6-12-18-16(10-11-17(2,3)20-5)14-8-7-9-15(13-14)19-4/h7-9,13,16,18H,6,10-12H2,1-5H3. The minimum absolute atomic E-state index is 0.0784. The highest BCUT2D eigenvalue weighted by Crippen LogP contribution is 2.26. The number of ether oxygens (including phenoxy) is 2. The summed E-state index contributed by atoms with van der Waals surface area (Å²) >= 11 is 0. The van der Waals surface area contributed by atoms with Gasteiger partial charge in [-0.1, -0.05) is 19.1 Å². The van der Waals surface area contributed by atoms with E-state index in [1.807, 2.05) is 6.07 Å². The Morgan fingerprint density at radius 3 is 2.60 bits per heavy atom. The molecule has 1 atom stereocenters. The minimum Gasteiger partial charge on any atom is -0.497 e. The summed E-state index contributed by atoms with van der Waals surface area (Å²) in [6.07, 6.45) is 3.20. The van der Waals surface area contributed by atoms with E-state index in [1.54, 1.807) is 14.2 Å². The summed E-state index contributed by atoms with van der Waals surface area (Å²) < 4.78 is 10.8. The third-order valence-electron chi connectivity index (χ3n) is 3.72. The second-order valence-corrected chi connectivity index (χ2v) is 5.79. The molecular formula is C17H29NO2. The zero-order valence-corrected chi connectivity index (χ0v) is 13.5. The maximum atomic E-state index is 5.52. The smallest absolute Gasteiger partial charge is 0.119 e. The largest absolute Gasteiger partial charge is 0.497 e. The fourth-order valence-corrected chi connectivity index (χ4v) is 2.16. The van der Waals surface area contributed by atoms with E-state index < -0.39 is 0 Å². The summed E-state index contributed by atoms with van der Waals surface area (Å²) in [5.74, 6) is 0.914. The second kappa shape index (κ2) is 8.28. The van der Waals surface area contributed by atoms with Crippen molar-refractivity contribution in [2.75, 3.05) is 20.8 Å². The molecule has 0 bridgehead atoms. The Kier molecular flexibility index (Phi) is 7.03. The topological polar surface area (TPSA) is 30.5 Å². The summed E-state index contributed by atoms with van der Waals surface area (Å²) in [7, 11) is 3.49. The molecule has 0 aliphatic rings. The van der Waals surface area contributed by atoms with Crippen LogP contribution < -0.4 is 10.1 Å². The number of rotatable bonds is 9. The monoisotopic (exact) mass is 279 g/mol. The molecule has 0 radical (unpaired) electrons. The molecule has 3 nitrogen and oxygen atoms in total. The summed E-state index contributed by atoms with van der Waals surface area (Å²) in [5, 5.41) is 3.62. The summed E-state index contributed by atoms with van der Waals surface area (Å²) in [6, 6.07) is 8.66. The predicted molar refractivity (Wildman–Crippen MR) is 84.4 cm³/mol. The van der Waals surface area contributed by atoms with Crippen LogP contribution in [-0.2, 0) is 4.74 Å². The average molecular weight is 279 g/mol. The minimum atomic E-state index is -0.0784. The number of nitrogens with one attached hydrogen (secondary N) is 1. The highest BCUT2D eigenvalue weighted by atomic mass is 16.5. The van der Waals surface area contributed by atoms with Crippen molar-refractivity contribution in [1.82, 2.24) is 5.32 Å². The quantitative estimate of drug-likeness (QED) is 0.742. The normalized spacial score (nSPS) is 13.2. The van der Waals surface area contributed by atoms with Crippen molar-refractivity contribution < 1.29 is 9.47 Å². The van der Waals surface area contributed by atoms with Crippen LogP contribution in [-0.4, -0.2) is 26.4 Å². The van der Waals surface area contributed by atoms with Gasteiger partial charge in [-0.15, -0.1) is 0 Å². The van der Waals surface area contributed by atoms with Crippen LogP contribution in [0, 0.1) is 0 Å². The van der Waals surface area contributed by atoms with Gasteiger partial charge < -0.3 is 14.8 Å². The van der Waals surface area contributed by atoms with E-state index in [-0.39, 0.29) is 5.60 Å². The van der Waals surface area contributed by atoms with Crippen LogP contribution in [0.5, 0.6) is 5.75 Å². The van der Waals surface area contributed by atoms with Gasteiger partial charge in [0, 0.05) is 13.2 Å². The van der Waals surface area contributed by atoms with E-state index >= 15 is 0 Å². The first-order chi connectivity index (χ1) is 9.52. The fraction of sp³-hybridized carbons (Fsp3) is 0.647. The van der Waals surface area contributed by atoms with Gasteiger partial charge in [0.25, 0.3) is 0 Å². The van der Waals surface area contributed by atoms with E-state index in [1.165, 1.54) is 5.56 Å². The maximum absolute atomic E-state index is 5.52. The second-order valence-electron chi connectivity index (χ2n) is 5.79. The number of benzene rings is 1. The first-order valence-corrected chi connectivity index (χ1v) is 7.45. The first kappa shape index (κ1) is 17.0. The van der Waals surface area contributed by atoms with Gasteiger partial charge in [-0.05, 0) is 57.4 Å². The lowest BCUT2D eigenvalue weighted by atomic mass is 9.94. The molecule has 0 heterocycles. The van der Waals surface area contributed by atoms with Crippen molar-refractivity contribution in [3.05, 3.63) is 29.8 Å². The number of hydrogen-bond acceptors (Lipinski definition) is 3. The van der Waals surface area contributed by atoms with Crippen LogP contribution in [0.25, 0.3) is 0 Å². The van der Waals surface area contributed by atoms with Crippen LogP contribution >= 0.6 is 0 Å². The van der Waals surface area contributed by atoms with Gasteiger partial charge in [-0.3, -0.25) is 0 Å². The lowest BCUT2D eigenvalue weighted by Gasteiger charge is -2.27. The molecule has 0 fully saturated rings. The van der Waals surface area contributed by atoms with Crippen LogP contribution in [0.15, 0.2) is 24.3 Å². The zero-order chi connectivity index (χ0) is 15.0. The predicted octanol–water partition coefficient (Wildman–Crippen LogP) is 3.94. The van der Waals surface area contributed by atoms with Crippen molar-refractivity contribution in [3.63, 3.8) is 0 Å². The lowest BCUT2D eigenvalue weighted by molar-refractivity contribution is 0.0117. The molecule has 0 saturated carbocycles. The van der Waals surface area contributed by atoms with Gasteiger partial charge >= 0.3 is 0 Å². The molecule has 0 saturated heterocycles. The SMILES string of the molecule is CCCNC(CCC(C)(C)OC)c1cccc(OC)c1. The van der Waals surface area contributed by atoms with E-state index in [4.69, 9.17) is 9.47 Å². The molecule has 0 aliphatic heterocycles. The maximum Gasteiger partial charge on any atom is 0.119 e. The molecule has 1 unspecified atom stereocenters. The van der Waals surface area contributed by atoms with Crippen LogP contribution in [0.2, 0.25) is 0 Å². The summed E-state index contributed by atoms with van der Waals surface area (Å²) in [6.45, 7) is 7.48. The molecule has 20 heavy (non-hydrogen) atoms. The molecule has 114 valence electrons. The molecule has 1 N–H and O–H groups in total. The zero-order valence-electron chi connectivity index (χ0n) is 13.5. The highest BCUT2D eigenvalue weighted by Gasteiger charge is 2.20. The Balaban J connectivity index is 2.76. The molecule has 0 amide bonds. The molecule has 1 aromatic rings. The Hall–Kier alpha value is -1.06. The first-order valence-electron chi connectivity index (χ1n) is 7.45. The molecule has 1 aromatic carbocycles. The third kappa shape index (κ3) is 5.51. The molecule has 1 rings (SSSR count). The summed E-state index contributed by atoms with van der Waals surface area (Å²) in [5.41, 5.74) is 1.20. The molecule has 3 heteroatoms. The fourth-order valence-electron chi connectivity index (χ4n) is 2.16. The Labute approximate surface area is 123 Å². The van der Waals surface area contributed by atoms with Gasteiger partial charge in [0.15, 0.2) is 0 Å². The Morgan fingerprint density at radius 1 is 1.25 bits per heavy atom. The van der Waals surface area contributed by atoms with E-state index in [0.29, 0.717) is 6.04 Å². The molecular weight excluding hydrogens is 250 g/mol. The Bertz CT molecular complexity index is 390. The van der Waals surface area contributed by atoms with Crippen LogP contribution in [0.4, 0.5) is 0 Å². The van der Waals surface area contributed by atoms with E-state index in [2.05, 4.69) is 44.3 Å². The summed E-state index contributed by atoms with van der Waals surface area (Å²) in [4.78, 5) is 0. The average Bonchev–Trinajstić information content (AvgIpc) is 2.47. The molecule has 0 aliphatic carbocycles. The van der Waals surface area contributed by atoms with Crippen LogP contribution in [0.3, 0.4) is 0 Å². The van der Waals surface area contributed by atoms with Crippen molar-refractivity contribution in [2.24, 2.45) is 0 Å². The van der Waals surface area contributed by atoms with Gasteiger partial charge in [-0.2, -0.15) is 0 Å². The molecule has 0 spiro atoms. The number of hydrogen-bond donors (Lipinski definition) is 1. The van der Waals surface area contributed by atoms with E-state index in [0.717, 1.165) is 31.6 Å². The third-order valence-corrected chi connectivity index (χ3v) is 3.72. The molecule has 0 aromatic heterocycles. The Morgan fingerprint density at radius 2 is 2.00 bits per heavy atom. The number of methoxy groups -OCH3 is 2. The lowest BCUT2D eigenvalue weighted by Crippen LogP contribution is -2.27. The van der Waals surface area contributed by atoms with Crippen molar-refractivity contribution >= 4 is 0 Å². The van der Waals surface area contributed by atoms with Gasteiger partial charge in [0.2, 0.25) is 0 Å². The van der Waals surface area contributed by atoms with Crippen molar-refractivity contribution in [2.45, 2.75) is 51.7 Å². The van der Waals surface area contributed by atoms with Crippen LogP contribution in [0.1, 0.15) is 51.6 Å². The van der Waals surface area contributed by atoms with Crippen molar-refractivity contribution in [1.29, 1.82) is 0 Å². The van der Waals surface area contributed by atoms with E-state index in [9.17, 15) is 0 Å². The van der Waals surface area contributed by atoms with Gasteiger partial charge in [-0.25, -0.2) is 0 Å².